The first kappa shape index (κ1) is 16.9. The van der Waals surface area contributed by atoms with Crippen LogP contribution in [0.3, 0.4) is 0 Å². The van der Waals surface area contributed by atoms with Crippen LogP contribution in [0.4, 0.5) is 0 Å². The molecule has 0 saturated carbocycles. The molecular weight excluding hydrogens is 324 g/mol. The maximum atomic E-state index is 12.6. The summed E-state index contributed by atoms with van der Waals surface area (Å²) < 4.78 is 5.69. The summed E-state index contributed by atoms with van der Waals surface area (Å²) in [6.07, 6.45) is 3.92. The van der Waals surface area contributed by atoms with Gasteiger partial charge >= 0.3 is 0 Å². The van der Waals surface area contributed by atoms with Gasteiger partial charge in [0.15, 0.2) is 0 Å². The number of likely N-dealkylation sites (tertiary alicyclic amines) is 1. The molecule has 1 N–H and O–H groups in total. The van der Waals surface area contributed by atoms with E-state index < -0.39 is 0 Å². The summed E-state index contributed by atoms with van der Waals surface area (Å²) in [5.41, 5.74) is 3.02. The summed E-state index contributed by atoms with van der Waals surface area (Å²) in [6, 6.07) is 18.6. The minimum absolute atomic E-state index is 0.000937. The fourth-order valence-electron chi connectivity index (χ4n) is 3.60. The van der Waals surface area contributed by atoms with Crippen molar-refractivity contribution in [2.45, 2.75) is 25.4 Å². The molecule has 2 aliphatic heterocycles. The number of benzene rings is 2. The molecule has 134 valence electrons. The van der Waals surface area contributed by atoms with E-state index in [0.717, 1.165) is 43.8 Å². The lowest BCUT2D eigenvalue weighted by Gasteiger charge is -2.32. The van der Waals surface area contributed by atoms with Gasteiger partial charge in [0.2, 0.25) is 0 Å². The Kier molecular flexibility index (Phi) is 5.02. The van der Waals surface area contributed by atoms with E-state index in [1.54, 1.807) is 0 Å². The monoisotopic (exact) mass is 348 g/mol. The summed E-state index contributed by atoms with van der Waals surface area (Å²) in [7, 11) is 0. The maximum Gasteiger partial charge on any atom is 0.250 e. The molecule has 0 spiro atoms. The van der Waals surface area contributed by atoms with Gasteiger partial charge in [-0.05, 0) is 30.5 Å². The minimum atomic E-state index is 0.000937. The Morgan fingerprint density at radius 3 is 2.58 bits per heavy atom. The third-order valence-corrected chi connectivity index (χ3v) is 5.10. The van der Waals surface area contributed by atoms with Crippen molar-refractivity contribution < 1.29 is 9.53 Å². The van der Waals surface area contributed by atoms with Gasteiger partial charge in [0.05, 0.1) is 5.57 Å². The molecule has 0 unspecified atom stereocenters. The third-order valence-electron chi connectivity index (χ3n) is 5.10. The summed E-state index contributed by atoms with van der Waals surface area (Å²) in [5.74, 6) is 0.847. The second-order valence-corrected chi connectivity index (χ2v) is 7.01. The number of para-hydroxylation sites is 1. The van der Waals surface area contributed by atoms with Crippen molar-refractivity contribution in [1.29, 1.82) is 0 Å². The predicted molar refractivity (Wildman–Crippen MR) is 103 cm³/mol. The Morgan fingerprint density at radius 1 is 1.04 bits per heavy atom. The zero-order valence-electron chi connectivity index (χ0n) is 14.9. The summed E-state index contributed by atoms with van der Waals surface area (Å²) in [6.45, 7) is 3.35. The Balaban J connectivity index is 1.29. The number of amides is 1. The standard InChI is InChI=1S/C22H24N2O2/c25-22(19-14-18-8-4-5-9-21(18)26-16-19)23-20-10-12-24(13-11-20)15-17-6-2-1-3-7-17/h1-9,14,20H,10-13,15-16H2,(H,23,25). The second-order valence-electron chi connectivity index (χ2n) is 7.01. The number of hydrogen-bond acceptors (Lipinski definition) is 3. The highest BCUT2D eigenvalue weighted by atomic mass is 16.5. The van der Waals surface area contributed by atoms with E-state index in [1.807, 2.05) is 36.4 Å². The lowest BCUT2D eigenvalue weighted by atomic mass is 10.0. The van der Waals surface area contributed by atoms with Crippen LogP contribution in [-0.2, 0) is 11.3 Å². The molecule has 1 saturated heterocycles. The van der Waals surface area contributed by atoms with Gasteiger partial charge in [-0.15, -0.1) is 0 Å². The first-order valence-corrected chi connectivity index (χ1v) is 9.27. The summed E-state index contributed by atoms with van der Waals surface area (Å²) in [4.78, 5) is 15.0. The van der Waals surface area contributed by atoms with Crippen molar-refractivity contribution in [3.63, 3.8) is 0 Å². The normalized spacial score (nSPS) is 17.8. The van der Waals surface area contributed by atoms with E-state index in [2.05, 4.69) is 34.5 Å². The van der Waals surface area contributed by atoms with Gasteiger partial charge in [-0.3, -0.25) is 9.69 Å². The molecule has 2 heterocycles. The highest BCUT2D eigenvalue weighted by molar-refractivity contribution is 5.99. The first-order chi connectivity index (χ1) is 12.8. The van der Waals surface area contributed by atoms with Crippen molar-refractivity contribution >= 4 is 12.0 Å². The zero-order chi connectivity index (χ0) is 17.8. The maximum absolute atomic E-state index is 12.6. The number of carbonyl (C=O) groups excluding carboxylic acids is 1. The molecule has 1 fully saturated rings. The van der Waals surface area contributed by atoms with Crippen molar-refractivity contribution in [3.05, 3.63) is 71.3 Å². The van der Waals surface area contributed by atoms with E-state index in [1.165, 1.54) is 5.56 Å². The zero-order valence-corrected chi connectivity index (χ0v) is 14.9. The van der Waals surface area contributed by atoms with Gasteiger partial charge in [0.1, 0.15) is 12.4 Å². The average Bonchev–Trinajstić information content (AvgIpc) is 2.70. The molecule has 0 aromatic heterocycles. The van der Waals surface area contributed by atoms with Gasteiger partial charge in [0.25, 0.3) is 5.91 Å². The fraction of sp³-hybridized carbons (Fsp3) is 0.318. The second kappa shape index (κ2) is 7.75. The van der Waals surface area contributed by atoms with Crippen molar-refractivity contribution in [3.8, 4) is 5.75 Å². The van der Waals surface area contributed by atoms with Crippen LogP contribution in [0.2, 0.25) is 0 Å². The number of rotatable bonds is 4. The molecule has 0 bridgehead atoms. The number of hydrogen-bond donors (Lipinski definition) is 1. The molecule has 0 radical (unpaired) electrons. The minimum Gasteiger partial charge on any atom is -0.488 e. The molecule has 0 atom stereocenters. The molecule has 4 nitrogen and oxygen atoms in total. The van der Waals surface area contributed by atoms with Crippen LogP contribution in [-0.4, -0.2) is 36.5 Å². The largest absolute Gasteiger partial charge is 0.488 e. The van der Waals surface area contributed by atoms with Crippen molar-refractivity contribution in [2.24, 2.45) is 0 Å². The predicted octanol–water partition coefficient (Wildman–Crippen LogP) is 3.24. The van der Waals surface area contributed by atoms with E-state index in [0.29, 0.717) is 12.2 Å². The van der Waals surface area contributed by atoms with Gasteiger partial charge in [-0.1, -0.05) is 48.5 Å². The van der Waals surface area contributed by atoms with E-state index in [-0.39, 0.29) is 11.9 Å². The molecule has 2 aliphatic rings. The number of carbonyl (C=O) groups is 1. The summed E-state index contributed by atoms with van der Waals surface area (Å²) >= 11 is 0. The van der Waals surface area contributed by atoms with E-state index >= 15 is 0 Å². The number of nitrogens with zero attached hydrogens (tertiary/aromatic N) is 1. The lowest BCUT2D eigenvalue weighted by molar-refractivity contribution is -0.118. The van der Waals surface area contributed by atoms with Crippen LogP contribution in [0.25, 0.3) is 6.08 Å². The smallest absolute Gasteiger partial charge is 0.250 e. The summed E-state index contributed by atoms with van der Waals surface area (Å²) in [5, 5.41) is 3.19. The topological polar surface area (TPSA) is 41.6 Å². The Bertz CT molecular complexity index is 793. The molecule has 26 heavy (non-hydrogen) atoms. The number of fused-ring (bicyclic) bond motifs is 1. The number of piperidine rings is 1. The first-order valence-electron chi connectivity index (χ1n) is 9.27. The van der Waals surface area contributed by atoms with Gasteiger partial charge < -0.3 is 10.1 Å². The van der Waals surface area contributed by atoms with Crippen LogP contribution in [0, 0.1) is 0 Å². The Hall–Kier alpha value is -2.59. The average molecular weight is 348 g/mol. The SMILES string of the molecule is O=C(NC1CCN(Cc2ccccc2)CC1)C1=Cc2ccccc2OC1. The molecule has 2 aromatic carbocycles. The molecule has 4 rings (SSSR count). The van der Waals surface area contributed by atoms with Crippen LogP contribution < -0.4 is 10.1 Å². The van der Waals surface area contributed by atoms with Crippen LogP contribution in [0.15, 0.2) is 60.2 Å². The van der Waals surface area contributed by atoms with Crippen LogP contribution in [0.1, 0.15) is 24.0 Å². The Morgan fingerprint density at radius 2 is 1.77 bits per heavy atom. The quantitative estimate of drug-likeness (QED) is 0.922. The van der Waals surface area contributed by atoms with Crippen molar-refractivity contribution in [1.82, 2.24) is 10.2 Å². The van der Waals surface area contributed by atoms with Crippen LogP contribution >= 0.6 is 0 Å². The van der Waals surface area contributed by atoms with Crippen LogP contribution in [0.5, 0.6) is 5.75 Å². The molecule has 2 aromatic rings. The number of nitrogens with one attached hydrogen (secondary N) is 1. The van der Waals surface area contributed by atoms with Gasteiger partial charge in [-0.25, -0.2) is 0 Å². The Labute approximate surface area is 154 Å². The van der Waals surface area contributed by atoms with Gasteiger partial charge in [-0.2, -0.15) is 0 Å². The molecule has 0 aliphatic carbocycles. The van der Waals surface area contributed by atoms with E-state index in [4.69, 9.17) is 4.74 Å². The highest BCUT2D eigenvalue weighted by Gasteiger charge is 2.23. The molecule has 4 heteroatoms. The number of ether oxygens (including phenoxy) is 1. The van der Waals surface area contributed by atoms with E-state index in [9.17, 15) is 4.79 Å². The van der Waals surface area contributed by atoms with Crippen molar-refractivity contribution in [2.75, 3.05) is 19.7 Å². The fourth-order valence-corrected chi connectivity index (χ4v) is 3.60. The third kappa shape index (κ3) is 3.97. The van der Waals surface area contributed by atoms with Gasteiger partial charge in [0, 0.05) is 31.2 Å². The molecule has 1 amide bonds. The molecular formula is C22H24N2O2. The highest BCUT2D eigenvalue weighted by Crippen LogP contribution is 2.26. The lowest BCUT2D eigenvalue weighted by Crippen LogP contribution is -2.45.